The van der Waals surface area contributed by atoms with Gasteiger partial charge in [0.2, 0.25) is 0 Å². The van der Waals surface area contributed by atoms with Crippen molar-refractivity contribution in [3.63, 3.8) is 0 Å². The van der Waals surface area contributed by atoms with Crippen molar-refractivity contribution in [3.05, 3.63) is 94.4 Å². The molecule has 178 valence electrons. The Bertz CT molecular complexity index is 1400. The number of hydrogen-bond donors (Lipinski definition) is 1. The van der Waals surface area contributed by atoms with Gasteiger partial charge in [-0.25, -0.2) is 18.4 Å². The predicted octanol–water partition coefficient (Wildman–Crippen LogP) is 4.49. The van der Waals surface area contributed by atoms with Crippen molar-refractivity contribution in [2.24, 2.45) is 0 Å². The molecular formula is C26H23F2N5OS. The molecule has 1 aliphatic rings. The summed E-state index contributed by atoms with van der Waals surface area (Å²) in [6.07, 6.45) is 3.61. The third-order valence-corrected chi connectivity index (χ3v) is 7.96. The van der Waals surface area contributed by atoms with E-state index < -0.39 is 23.3 Å². The van der Waals surface area contributed by atoms with Crippen molar-refractivity contribution in [2.45, 2.75) is 38.1 Å². The maximum absolute atomic E-state index is 14.9. The van der Waals surface area contributed by atoms with Crippen molar-refractivity contribution < 1.29 is 13.9 Å². The number of nitriles is 1. The first-order valence-electron chi connectivity index (χ1n) is 11.2. The average Bonchev–Trinajstić information content (AvgIpc) is 3.52. The van der Waals surface area contributed by atoms with Crippen molar-refractivity contribution in [3.8, 4) is 16.5 Å². The molecule has 4 aromatic rings. The lowest BCUT2D eigenvalue weighted by Gasteiger charge is -2.42. The Morgan fingerprint density at radius 2 is 2.09 bits per heavy atom. The number of aliphatic hydroxyl groups is 1. The highest BCUT2D eigenvalue weighted by atomic mass is 32.1. The smallest absolute Gasteiger partial charge is 0.137 e. The number of halogens is 2. The summed E-state index contributed by atoms with van der Waals surface area (Å²) in [4.78, 5) is 8.40. The molecule has 2 aromatic carbocycles. The molecule has 0 spiro atoms. The molecule has 9 heteroatoms. The van der Waals surface area contributed by atoms with Crippen LogP contribution in [0.15, 0.2) is 61.2 Å². The first kappa shape index (κ1) is 23.3. The van der Waals surface area contributed by atoms with Gasteiger partial charge in [-0.05, 0) is 48.7 Å². The van der Waals surface area contributed by atoms with E-state index in [1.54, 1.807) is 17.4 Å². The van der Waals surface area contributed by atoms with Crippen molar-refractivity contribution in [1.29, 1.82) is 5.26 Å². The summed E-state index contributed by atoms with van der Waals surface area (Å²) in [5.41, 5.74) is 1.10. The predicted molar refractivity (Wildman–Crippen MR) is 128 cm³/mol. The van der Waals surface area contributed by atoms with Gasteiger partial charge in [-0.3, -0.25) is 4.90 Å². The highest BCUT2D eigenvalue weighted by Crippen LogP contribution is 2.38. The summed E-state index contributed by atoms with van der Waals surface area (Å²) < 4.78 is 30.0. The van der Waals surface area contributed by atoms with E-state index >= 15 is 0 Å². The number of rotatable bonds is 6. The monoisotopic (exact) mass is 491 g/mol. The topological polar surface area (TPSA) is 78.0 Å². The van der Waals surface area contributed by atoms with E-state index in [1.165, 1.54) is 28.3 Å². The fourth-order valence-corrected chi connectivity index (χ4v) is 5.88. The van der Waals surface area contributed by atoms with Crippen LogP contribution in [0.2, 0.25) is 0 Å². The average molecular weight is 492 g/mol. The van der Waals surface area contributed by atoms with E-state index in [9.17, 15) is 19.1 Å². The van der Waals surface area contributed by atoms with Gasteiger partial charge in [0.25, 0.3) is 0 Å². The molecule has 0 aliphatic carbocycles. The van der Waals surface area contributed by atoms with Crippen LogP contribution in [-0.2, 0) is 25.1 Å². The second kappa shape index (κ2) is 9.30. The van der Waals surface area contributed by atoms with Crippen LogP contribution in [0.4, 0.5) is 8.78 Å². The normalized spacial score (nSPS) is 16.3. The lowest BCUT2D eigenvalue weighted by Crippen LogP contribution is -2.53. The molecule has 35 heavy (non-hydrogen) atoms. The number of fused-ring (bicyclic) bond motifs is 1. The van der Waals surface area contributed by atoms with Crippen LogP contribution in [0.3, 0.4) is 0 Å². The number of nitrogens with zero attached hydrogens (tertiary/aromatic N) is 5. The maximum atomic E-state index is 14.9. The number of aromatic nitrogens is 3. The minimum Gasteiger partial charge on any atom is -0.381 e. The summed E-state index contributed by atoms with van der Waals surface area (Å²) >= 11 is 1.71. The van der Waals surface area contributed by atoms with Crippen LogP contribution in [-0.4, -0.2) is 37.4 Å². The quantitative estimate of drug-likeness (QED) is 0.430. The van der Waals surface area contributed by atoms with Crippen molar-refractivity contribution in [2.75, 3.05) is 6.54 Å². The highest BCUT2D eigenvalue weighted by molar-refractivity contribution is 7.15. The molecule has 1 N–H and O–H groups in total. The zero-order valence-electron chi connectivity index (χ0n) is 19.0. The van der Waals surface area contributed by atoms with Crippen LogP contribution < -0.4 is 0 Å². The van der Waals surface area contributed by atoms with Gasteiger partial charge >= 0.3 is 0 Å². The minimum absolute atomic E-state index is 0.0204. The van der Waals surface area contributed by atoms with Crippen LogP contribution >= 0.6 is 11.3 Å². The number of hydrogen-bond acceptors (Lipinski definition) is 6. The number of thiophene rings is 1. The van der Waals surface area contributed by atoms with Crippen molar-refractivity contribution >= 4 is 11.3 Å². The highest BCUT2D eigenvalue weighted by Gasteiger charge is 2.42. The SMILES string of the molecule is C[C@@H](N1CCc2sc(-c3cccc(C#N)c3)cc2C1)[C@](O)(Cn1cncn1)c1ccc(F)cc1F. The maximum Gasteiger partial charge on any atom is 0.137 e. The molecule has 5 rings (SSSR count). The van der Waals surface area contributed by atoms with Gasteiger partial charge in [0.1, 0.15) is 29.9 Å². The van der Waals surface area contributed by atoms with Crippen LogP contribution in [0.5, 0.6) is 0 Å². The van der Waals surface area contributed by atoms with Gasteiger partial charge in [0.05, 0.1) is 18.2 Å². The molecule has 1 aliphatic heterocycles. The summed E-state index contributed by atoms with van der Waals surface area (Å²) in [6, 6.07) is 14.6. The molecule has 0 saturated carbocycles. The van der Waals surface area contributed by atoms with Gasteiger partial charge < -0.3 is 5.11 Å². The van der Waals surface area contributed by atoms with Crippen LogP contribution in [0, 0.1) is 23.0 Å². The molecule has 2 aromatic heterocycles. The zero-order chi connectivity index (χ0) is 24.6. The fraction of sp³-hybridized carbons (Fsp3) is 0.269. The van der Waals surface area contributed by atoms with E-state index in [2.05, 4.69) is 27.1 Å². The van der Waals surface area contributed by atoms with Gasteiger partial charge in [0.15, 0.2) is 0 Å². The molecule has 2 atom stereocenters. The summed E-state index contributed by atoms with van der Waals surface area (Å²) in [5.74, 6) is -1.50. The van der Waals surface area contributed by atoms with Crippen LogP contribution in [0.25, 0.3) is 10.4 Å². The third kappa shape index (κ3) is 4.48. The Kier molecular flexibility index (Phi) is 6.19. The van der Waals surface area contributed by atoms with Gasteiger partial charge in [-0.1, -0.05) is 18.2 Å². The molecule has 0 radical (unpaired) electrons. The van der Waals surface area contributed by atoms with Crippen molar-refractivity contribution in [1.82, 2.24) is 19.7 Å². The molecular weight excluding hydrogens is 468 g/mol. The Morgan fingerprint density at radius 1 is 1.23 bits per heavy atom. The standard InChI is InChI=1S/C26H23F2N5OS/c1-17(26(34,14-33-16-30-15-31-33)22-6-5-21(27)11-23(22)28)32-8-7-24-20(13-32)10-25(35-24)19-4-2-3-18(9-19)12-29/h2-6,9-11,15-17,34H,7-8,13-14H2,1H3/t17-,26-/m1/s1. The van der Waals surface area contributed by atoms with Crippen LogP contribution in [0.1, 0.15) is 28.5 Å². The first-order chi connectivity index (χ1) is 16.9. The molecule has 6 nitrogen and oxygen atoms in total. The molecule has 0 saturated heterocycles. The lowest BCUT2D eigenvalue weighted by atomic mass is 9.84. The molecule has 0 amide bonds. The van der Waals surface area contributed by atoms with Gasteiger partial charge in [-0.2, -0.15) is 10.4 Å². The van der Waals surface area contributed by atoms with Gasteiger partial charge in [-0.15, -0.1) is 11.3 Å². The Labute approximate surface area is 205 Å². The molecule has 0 bridgehead atoms. The largest absolute Gasteiger partial charge is 0.381 e. The van der Waals surface area contributed by atoms with E-state index in [1.807, 2.05) is 25.1 Å². The second-order valence-corrected chi connectivity index (χ2v) is 9.93. The molecule has 3 heterocycles. The molecule has 0 fully saturated rings. The van der Waals surface area contributed by atoms with E-state index in [0.717, 1.165) is 34.6 Å². The Balaban J connectivity index is 1.46. The summed E-state index contributed by atoms with van der Waals surface area (Å²) in [7, 11) is 0. The number of benzene rings is 2. The zero-order valence-corrected chi connectivity index (χ0v) is 19.8. The van der Waals surface area contributed by atoms with E-state index in [4.69, 9.17) is 0 Å². The summed E-state index contributed by atoms with van der Waals surface area (Å²) in [5, 5.41) is 25.2. The summed E-state index contributed by atoms with van der Waals surface area (Å²) in [6.45, 7) is 3.08. The lowest BCUT2D eigenvalue weighted by molar-refractivity contribution is -0.0675. The van der Waals surface area contributed by atoms with E-state index in [0.29, 0.717) is 18.7 Å². The van der Waals surface area contributed by atoms with Gasteiger partial charge in [0, 0.05) is 40.5 Å². The Morgan fingerprint density at radius 3 is 2.83 bits per heavy atom. The Hall–Kier alpha value is -3.45. The van der Waals surface area contributed by atoms with E-state index in [-0.39, 0.29) is 12.1 Å². The molecule has 0 unspecified atom stereocenters. The second-order valence-electron chi connectivity index (χ2n) is 8.79. The first-order valence-corrected chi connectivity index (χ1v) is 12.1. The minimum atomic E-state index is -1.68. The third-order valence-electron chi connectivity index (χ3n) is 6.68. The fourth-order valence-electron chi connectivity index (χ4n) is 4.72.